The summed E-state index contributed by atoms with van der Waals surface area (Å²) in [5.41, 5.74) is 4.47. The second-order valence-electron chi connectivity index (χ2n) is 12.1. The quantitative estimate of drug-likeness (QED) is 0.0724. The van der Waals surface area contributed by atoms with Gasteiger partial charge in [-0.1, -0.05) is 54.6 Å². The van der Waals surface area contributed by atoms with Crippen LogP contribution in [0.1, 0.15) is 47.6 Å². The van der Waals surface area contributed by atoms with Crippen molar-refractivity contribution in [2.75, 3.05) is 22.9 Å². The lowest BCUT2D eigenvalue weighted by atomic mass is 9.84. The Balaban J connectivity index is 1.51. The number of phenols is 1. The molecule has 5 rings (SSSR count). The van der Waals surface area contributed by atoms with E-state index < -0.39 is 41.2 Å². The zero-order valence-electron chi connectivity index (χ0n) is 28.2. The summed E-state index contributed by atoms with van der Waals surface area (Å²) in [5, 5.41) is 10.2. The number of phenolic OH excluding ortho intramolecular Hbond substituents is 1. The van der Waals surface area contributed by atoms with E-state index in [0.717, 1.165) is 17.4 Å². The summed E-state index contributed by atoms with van der Waals surface area (Å²) >= 11 is 0. The van der Waals surface area contributed by atoms with Crippen LogP contribution in [0.5, 0.6) is 5.75 Å². The molecule has 4 N–H and O–H groups in total. The molecular weight excluding hydrogens is 729 g/mol. The molecule has 0 saturated heterocycles. The molecular formula is C37H38N2O10S3. The number of hydrogen-bond acceptors (Lipinski definition) is 9. The first kappa shape index (κ1) is 38.5. The minimum atomic E-state index is -4.76. The molecule has 0 amide bonds. The molecule has 0 spiro atoms. The third-order valence-corrected chi connectivity index (χ3v) is 11.3. The third kappa shape index (κ3) is 9.17. The predicted octanol–water partition coefficient (Wildman–Crippen LogP) is 6.37. The van der Waals surface area contributed by atoms with E-state index in [0.29, 0.717) is 48.4 Å². The summed E-state index contributed by atoms with van der Waals surface area (Å²) in [7, 11) is -13.5. The monoisotopic (exact) mass is 766 g/mol. The summed E-state index contributed by atoms with van der Waals surface area (Å²) in [6.07, 6.45) is 0. The Morgan fingerprint density at radius 3 is 1.33 bits per heavy atom. The topological polar surface area (TPSA) is 190 Å². The van der Waals surface area contributed by atoms with Crippen molar-refractivity contribution in [3.63, 3.8) is 0 Å². The number of anilines is 2. The SMILES string of the molecule is CCN(Cc1cccc(S(=O)(=O)O)c1)c1ccc(C(c2ccc(N(CC)Cc3cccc(S(=O)(=O)O)c3)cc2)c2ccc(O)cc2S(=O)(=O)O)cc1. The van der Waals surface area contributed by atoms with Crippen LogP contribution in [0.25, 0.3) is 0 Å². The molecule has 274 valence electrons. The Morgan fingerprint density at radius 1 is 0.538 bits per heavy atom. The Morgan fingerprint density at radius 2 is 0.962 bits per heavy atom. The molecule has 0 unspecified atom stereocenters. The highest BCUT2D eigenvalue weighted by Gasteiger charge is 2.26. The van der Waals surface area contributed by atoms with Crippen molar-refractivity contribution < 1.29 is 44.0 Å². The van der Waals surface area contributed by atoms with Gasteiger partial charge < -0.3 is 14.9 Å². The van der Waals surface area contributed by atoms with E-state index in [1.54, 1.807) is 24.3 Å². The second kappa shape index (κ2) is 15.5. The molecule has 0 atom stereocenters. The fraction of sp³-hybridized carbons (Fsp3) is 0.189. The van der Waals surface area contributed by atoms with Crippen molar-refractivity contribution in [3.05, 3.63) is 143 Å². The first-order chi connectivity index (χ1) is 24.5. The lowest BCUT2D eigenvalue weighted by Crippen LogP contribution is -2.22. The van der Waals surface area contributed by atoms with Crippen LogP contribution in [0.2, 0.25) is 0 Å². The Kier molecular flexibility index (Phi) is 11.4. The smallest absolute Gasteiger partial charge is 0.294 e. The van der Waals surface area contributed by atoms with E-state index >= 15 is 0 Å². The van der Waals surface area contributed by atoms with Crippen LogP contribution >= 0.6 is 0 Å². The van der Waals surface area contributed by atoms with Gasteiger partial charge in [0, 0.05) is 49.5 Å². The molecule has 5 aromatic carbocycles. The first-order valence-corrected chi connectivity index (χ1v) is 20.4. The van der Waals surface area contributed by atoms with Gasteiger partial charge in [-0.3, -0.25) is 13.7 Å². The zero-order valence-corrected chi connectivity index (χ0v) is 30.7. The number of rotatable bonds is 14. The standard InChI is InChI=1S/C37H38N2O10S3/c1-3-38(24-26-7-5-9-33(21-26)50(41,42)43)30-15-11-28(12-16-30)37(35-20-19-32(40)23-36(35)52(47,48)49)29-13-17-31(18-14-29)39(4-2)25-27-8-6-10-34(22-27)51(44,45)46/h5-23,37,40H,3-4,24-25H2,1-2H3,(H,41,42,43)(H,44,45,46)(H,47,48,49). The van der Waals surface area contributed by atoms with E-state index in [2.05, 4.69) is 0 Å². The van der Waals surface area contributed by atoms with Gasteiger partial charge in [-0.2, -0.15) is 25.3 Å². The van der Waals surface area contributed by atoms with Crippen molar-refractivity contribution in [1.29, 1.82) is 0 Å². The Labute approximate surface area is 303 Å². The summed E-state index contributed by atoms with van der Waals surface area (Å²) in [4.78, 5) is 3.12. The van der Waals surface area contributed by atoms with Crippen molar-refractivity contribution in [1.82, 2.24) is 0 Å². The van der Waals surface area contributed by atoms with Crippen LogP contribution in [0.4, 0.5) is 11.4 Å². The maximum absolute atomic E-state index is 12.6. The molecule has 0 radical (unpaired) electrons. The van der Waals surface area contributed by atoms with Crippen LogP contribution < -0.4 is 9.80 Å². The van der Waals surface area contributed by atoms with Gasteiger partial charge in [0.1, 0.15) is 10.6 Å². The first-order valence-electron chi connectivity index (χ1n) is 16.1. The lowest BCUT2D eigenvalue weighted by molar-refractivity contribution is 0.465. The van der Waals surface area contributed by atoms with Crippen LogP contribution in [0.15, 0.2) is 130 Å². The Hall–Kier alpha value is -4.77. The summed E-state index contributed by atoms with van der Waals surface area (Å²) < 4.78 is 101. The molecule has 0 heterocycles. The van der Waals surface area contributed by atoms with E-state index in [1.807, 2.05) is 72.2 Å². The highest BCUT2D eigenvalue weighted by molar-refractivity contribution is 7.86. The van der Waals surface area contributed by atoms with Crippen molar-refractivity contribution in [2.45, 2.75) is 47.5 Å². The molecule has 0 aliphatic rings. The van der Waals surface area contributed by atoms with Gasteiger partial charge in [0.2, 0.25) is 0 Å². The van der Waals surface area contributed by atoms with Crippen LogP contribution in [0, 0.1) is 0 Å². The highest BCUT2D eigenvalue weighted by Crippen LogP contribution is 2.38. The van der Waals surface area contributed by atoms with Gasteiger partial charge in [-0.05, 0) is 96.3 Å². The lowest BCUT2D eigenvalue weighted by Gasteiger charge is -2.26. The molecule has 15 heteroatoms. The molecule has 52 heavy (non-hydrogen) atoms. The second-order valence-corrected chi connectivity index (χ2v) is 16.3. The van der Waals surface area contributed by atoms with E-state index in [4.69, 9.17) is 0 Å². The summed E-state index contributed by atoms with van der Waals surface area (Å²) in [6, 6.07) is 30.5. The van der Waals surface area contributed by atoms with E-state index in [9.17, 15) is 44.0 Å². The van der Waals surface area contributed by atoms with Gasteiger partial charge in [0.25, 0.3) is 30.4 Å². The average Bonchev–Trinajstić information content (AvgIpc) is 3.10. The van der Waals surface area contributed by atoms with Crippen LogP contribution in [-0.2, 0) is 43.4 Å². The van der Waals surface area contributed by atoms with Crippen molar-refractivity contribution in [2.24, 2.45) is 0 Å². The fourth-order valence-electron chi connectivity index (χ4n) is 6.11. The van der Waals surface area contributed by atoms with Crippen molar-refractivity contribution in [3.8, 4) is 5.75 Å². The van der Waals surface area contributed by atoms with E-state index in [1.165, 1.54) is 36.4 Å². The average molecular weight is 767 g/mol. The number of hydrogen-bond donors (Lipinski definition) is 4. The predicted molar refractivity (Wildman–Crippen MR) is 198 cm³/mol. The molecule has 0 aliphatic heterocycles. The minimum absolute atomic E-state index is 0.206. The third-order valence-electron chi connectivity index (χ3n) is 8.67. The van der Waals surface area contributed by atoms with Gasteiger partial charge >= 0.3 is 0 Å². The fourth-order valence-corrected chi connectivity index (χ4v) is 7.97. The largest absolute Gasteiger partial charge is 0.508 e. The number of aromatic hydroxyl groups is 1. The number of nitrogens with zero attached hydrogens (tertiary/aromatic N) is 2. The molecule has 0 aliphatic carbocycles. The summed E-state index contributed by atoms with van der Waals surface area (Å²) in [5.74, 6) is -1.06. The van der Waals surface area contributed by atoms with Crippen LogP contribution in [0.3, 0.4) is 0 Å². The van der Waals surface area contributed by atoms with Crippen LogP contribution in [-0.4, -0.2) is 57.1 Å². The maximum Gasteiger partial charge on any atom is 0.294 e. The van der Waals surface area contributed by atoms with Gasteiger partial charge in [0.15, 0.2) is 0 Å². The zero-order chi connectivity index (χ0) is 37.8. The molecule has 12 nitrogen and oxygen atoms in total. The minimum Gasteiger partial charge on any atom is -0.508 e. The van der Waals surface area contributed by atoms with Gasteiger partial charge in [0.05, 0.1) is 9.79 Å². The normalized spacial score (nSPS) is 12.2. The molecule has 0 fully saturated rings. The molecule has 0 saturated carbocycles. The van der Waals surface area contributed by atoms with Crippen molar-refractivity contribution >= 4 is 41.7 Å². The Bertz CT molecular complexity index is 2250. The maximum atomic E-state index is 12.6. The molecule has 0 aromatic heterocycles. The highest BCUT2D eigenvalue weighted by atomic mass is 32.2. The van der Waals surface area contributed by atoms with Gasteiger partial charge in [-0.25, -0.2) is 0 Å². The molecule has 5 aromatic rings. The number of benzene rings is 5. The van der Waals surface area contributed by atoms with E-state index in [-0.39, 0.29) is 21.1 Å². The van der Waals surface area contributed by atoms with Gasteiger partial charge in [-0.15, -0.1) is 0 Å². The summed E-state index contributed by atoms with van der Waals surface area (Å²) in [6.45, 7) is 5.65. The molecule has 0 bridgehead atoms.